The van der Waals surface area contributed by atoms with Crippen molar-refractivity contribution in [1.29, 1.82) is 0 Å². The summed E-state index contributed by atoms with van der Waals surface area (Å²) in [4.78, 5) is 40.7. The van der Waals surface area contributed by atoms with E-state index in [0.29, 0.717) is 28.9 Å². The summed E-state index contributed by atoms with van der Waals surface area (Å²) in [7, 11) is 0. The predicted octanol–water partition coefficient (Wildman–Crippen LogP) is 4.06. The summed E-state index contributed by atoms with van der Waals surface area (Å²) in [6.45, 7) is 14.1. The highest BCUT2D eigenvalue weighted by Gasteiger charge is 2.24. The number of aryl methyl sites for hydroxylation is 1. The van der Waals surface area contributed by atoms with Crippen molar-refractivity contribution < 1.29 is 23.9 Å². The molecule has 0 saturated carbocycles. The summed E-state index contributed by atoms with van der Waals surface area (Å²) in [5.74, 6) is -0.423. The van der Waals surface area contributed by atoms with Gasteiger partial charge in [-0.3, -0.25) is 24.6 Å². The smallest absolute Gasteiger partial charge is 0.412 e. The fourth-order valence-corrected chi connectivity index (χ4v) is 3.00. The van der Waals surface area contributed by atoms with Crippen LogP contribution in [-0.4, -0.2) is 44.3 Å². The lowest BCUT2D eigenvalue weighted by molar-refractivity contribution is -0.155. The number of nitrogens with zero attached hydrogens (tertiary/aromatic N) is 3. The summed E-state index contributed by atoms with van der Waals surface area (Å²) < 4.78 is 12.2. The molecule has 31 heavy (non-hydrogen) atoms. The van der Waals surface area contributed by atoms with Crippen LogP contribution >= 0.6 is 0 Å². The molecule has 0 aliphatic rings. The van der Waals surface area contributed by atoms with E-state index < -0.39 is 23.3 Å². The maximum absolute atomic E-state index is 12.2. The number of hydrogen-bond acceptors (Lipinski definition) is 7. The third kappa shape index (κ3) is 6.37. The minimum Gasteiger partial charge on any atom is -0.459 e. The standard InChI is InChI=1S/C22H30N4O5/c1-13-18(14(2)26(25-13)11-17(28)30-21(3,4)5)19-15(12-27)16(9-10-23-19)24-20(29)31-22(6,7)8/h9-10,12H,11H2,1-8H3,(H,23,24,29). The summed E-state index contributed by atoms with van der Waals surface area (Å²) in [6, 6.07) is 1.52. The second-order valence-electron chi connectivity index (χ2n) is 9.16. The molecular formula is C22H30N4O5. The van der Waals surface area contributed by atoms with Crippen molar-refractivity contribution in [2.75, 3.05) is 5.32 Å². The Kier molecular flexibility index (Phi) is 6.88. The molecule has 0 aromatic carbocycles. The number of amides is 1. The van der Waals surface area contributed by atoms with Gasteiger partial charge in [-0.25, -0.2) is 4.79 Å². The number of hydrogen-bond donors (Lipinski definition) is 1. The fourth-order valence-electron chi connectivity index (χ4n) is 3.00. The molecule has 0 spiro atoms. The molecule has 2 aromatic rings. The Balaban J connectivity index is 2.41. The first kappa shape index (κ1) is 24.0. The molecule has 0 bridgehead atoms. The zero-order chi connectivity index (χ0) is 23.6. The Labute approximate surface area is 182 Å². The molecule has 0 aliphatic heterocycles. The Morgan fingerprint density at radius 3 is 2.26 bits per heavy atom. The molecule has 2 heterocycles. The molecule has 2 aromatic heterocycles. The number of ether oxygens (including phenoxy) is 2. The number of carbonyl (C=O) groups is 3. The van der Waals surface area contributed by atoms with E-state index in [2.05, 4.69) is 15.4 Å². The monoisotopic (exact) mass is 430 g/mol. The first-order valence-electron chi connectivity index (χ1n) is 9.92. The normalized spacial score (nSPS) is 11.7. The van der Waals surface area contributed by atoms with Gasteiger partial charge in [0.25, 0.3) is 0 Å². The molecular weight excluding hydrogens is 400 g/mol. The van der Waals surface area contributed by atoms with Crippen LogP contribution in [0.15, 0.2) is 12.3 Å². The molecule has 0 radical (unpaired) electrons. The van der Waals surface area contributed by atoms with Gasteiger partial charge in [0.2, 0.25) is 0 Å². The Bertz CT molecular complexity index is 997. The number of carbonyl (C=O) groups excluding carboxylic acids is 3. The van der Waals surface area contributed by atoms with Crippen molar-refractivity contribution in [3.63, 3.8) is 0 Å². The van der Waals surface area contributed by atoms with Gasteiger partial charge in [0, 0.05) is 17.5 Å². The van der Waals surface area contributed by atoms with Crippen molar-refractivity contribution >= 4 is 24.0 Å². The average Bonchev–Trinajstić information content (AvgIpc) is 2.84. The third-order valence-electron chi connectivity index (χ3n) is 4.06. The van der Waals surface area contributed by atoms with Crippen LogP contribution in [0.2, 0.25) is 0 Å². The number of nitrogens with one attached hydrogen (secondary N) is 1. The van der Waals surface area contributed by atoms with Crippen LogP contribution in [0.1, 0.15) is 63.3 Å². The number of pyridine rings is 1. The zero-order valence-electron chi connectivity index (χ0n) is 19.3. The van der Waals surface area contributed by atoms with Gasteiger partial charge in [-0.1, -0.05) is 0 Å². The maximum Gasteiger partial charge on any atom is 0.412 e. The molecule has 2 rings (SSSR count). The SMILES string of the molecule is Cc1nn(CC(=O)OC(C)(C)C)c(C)c1-c1nccc(NC(=O)OC(C)(C)C)c1C=O. The van der Waals surface area contributed by atoms with Gasteiger partial charge in [0.15, 0.2) is 6.29 Å². The topological polar surface area (TPSA) is 112 Å². The minimum absolute atomic E-state index is 0.0732. The maximum atomic E-state index is 12.2. The molecule has 0 atom stereocenters. The third-order valence-corrected chi connectivity index (χ3v) is 4.06. The number of rotatable bonds is 5. The molecule has 0 aliphatic carbocycles. The molecule has 168 valence electrons. The summed E-state index contributed by atoms with van der Waals surface area (Å²) in [5, 5.41) is 7.02. The minimum atomic E-state index is -0.683. The van der Waals surface area contributed by atoms with Gasteiger partial charge >= 0.3 is 12.1 Å². The van der Waals surface area contributed by atoms with E-state index in [1.54, 1.807) is 55.4 Å². The lowest BCUT2D eigenvalue weighted by Gasteiger charge is -2.20. The lowest BCUT2D eigenvalue weighted by atomic mass is 10.0. The van der Waals surface area contributed by atoms with Crippen molar-refractivity contribution in [3.8, 4) is 11.3 Å². The molecule has 9 nitrogen and oxygen atoms in total. The highest BCUT2D eigenvalue weighted by molar-refractivity contribution is 5.98. The van der Waals surface area contributed by atoms with E-state index >= 15 is 0 Å². The summed E-state index contributed by atoms with van der Waals surface area (Å²) in [5.41, 5.74) is 1.37. The predicted molar refractivity (Wildman–Crippen MR) is 116 cm³/mol. The van der Waals surface area contributed by atoms with Crippen LogP contribution in [0.3, 0.4) is 0 Å². The zero-order valence-corrected chi connectivity index (χ0v) is 19.3. The Hall–Kier alpha value is -3.23. The molecule has 9 heteroatoms. The van der Waals surface area contributed by atoms with E-state index in [0.717, 1.165) is 0 Å². The van der Waals surface area contributed by atoms with Gasteiger partial charge < -0.3 is 9.47 Å². The van der Waals surface area contributed by atoms with Crippen molar-refractivity contribution in [2.24, 2.45) is 0 Å². The van der Waals surface area contributed by atoms with E-state index in [1.165, 1.54) is 16.9 Å². The van der Waals surface area contributed by atoms with E-state index in [4.69, 9.17) is 9.47 Å². The van der Waals surface area contributed by atoms with E-state index in [9.17, 15) is 14.4 Å². The van der Waals surface area contributed by atoms with Gasteiger partial charge in [-0.05, 0) is 61.5 Å². The first-order valence-corrected chi connectivity index (χ1v) is 9.92. The Morgan fingerprint density at radius 1 is 1.10 bits per heavy atom. The number of esters is 1. The summed E-state index contributed by atoms with van der Waals surface area (Å²) >= 11 is 0. The molecule has 0 saturated heterocycles. The first-order chi connectivity index (χ1) is 14.2. The molecule has 1 N–H and O–H groups in total. The molecule has 0 unspecified atom stereocenters. The van der Waals surface area contributed by atoms with E-state index in [1.807, 2.05) is 0 Å². The van der Waals surface area contributed by atoms with Crippen LogP contribution in [0.4, 0.5) is 10.5 Å². The highest BCUT2D eigenvalue weighted by Crippen LogP contribution is 2.31. The van der Waals surface area contributed by atoms with Gasteiger partial charge in [0.05, 0.1) is 22.6 Å². The van der Waals surface area contributed by atoms with Crippen molar-refractivity contribution in [2.45, 2.75) is 73.1 Å². The van der Waals surface area contributed by atoms with Crippen LogP contribution in [0.25, 0.3) is 11.3 Å². The number of aromatic nitrogens is 3. The quantitative estimate of drug-likeness (QED) is 0.562. The van der Waals surface area contributed by atoms with Crippen LogP contribution in [0, 0.1) is 13.8 Å². The average molecular weight is 431 g/mol. The van der Waals surface area contributed by atoms with Crippen LogP contribution < -0.4 is 5.32 Å². The van der Waals surface area contributed by atoms with Crippen LogP contribution in [-0.2, 0) is 20.8 Å². The van der Waals surface area contributed by atoms with E-state index in [-0.39, 0.29) is 17.8 Å². The van der Waals surface area contributed by atoms with Crippen LogP contribution in [0.5, 0.6) is 0 Å². The highest BCUT2D eigenvalue weighted by atomic mass is 16.6. The van der Waals surface area contributed by atoms with Gasteiger partial charge in [-0.2, -0.15) is 5.10 Å². The van der Waals surface area contributed by atoms with Gasteiger partial charge in [-0.15, -0.1) is 0 Å². The van der Waals surface area contributed by atoms with Crippen molar-refractivity contribution in [3.05, 3.63) is 29.2 Å². The molecule has 1 amide bonds. The number of anilines is 1. The van der Waals surface area contributed by atoms with Gasteiger partial charge in [0.1, 0.15) is 17.7 Å². The second-order valence-corrected chi connectivity index (χ2v) is 9.16. The number of aldehydes is 1. The second kappa shape index (κ2) is 8.87. The van der Waals surface area contributed by atoms with Crippen molar-refractivity contribution in [1.82, 2.24) is 14.8 Å². The lowest BCUT2D eigenvalue weighted by Crippen LogP contribution is -2.27. The largest absolute Gasteiger partial charge is 0.459 e. The Morgan fingerprint density at radius 2 is 1.71 bits per heavy atom. The fraction of sp³-hybridized carbons (Fsp3) is 0.500. The summed E-state index contributed by atoms with van der Waals surface area (Å²) in [6.07, 6.45) is 1.43. The molecule has 0 fully saturated rings.